The summed E-state index contributed by atoms with van der Waals surface area (Å²) in [6, 6.07) is 5.02. The molecule has 7 heteroatoms. The van der Waals surface area contributed by atoms with Crippen LogP contribution in [-0.2, 0) is 9.53 Å². The fourth-order valence-corrected chi connectivity index (χ4v) is 2.12. The van der Waals surface area contributed by atoms with Gasteiger partial charge >= 0.3 is 0 Å². The van der Waals surface area contributed by atoms with Crippen molar-refractivity contribution in [1.29, 1.82) is 0 Å². The van der Waals surface area contributed by atoms with Crippen molar-refractivity contribution in [2.24, 2.45) is 0 Å². The summed E-state index contributed by atoms with van der Waals surface area (Å²) < 4.78 is 9.88. The molecule has 1 rings (SSSR count). The standard InChI is InChI=1S/C14H21ClN2O4/c1-17(7-11(18)9-20-2)8-14(19)16-10-4-5-13(21-3)12(15)6-10/h4-6,11,18H,7-9H2,1-3H3,(H,16,19). The zero-order valence-corrected chi connectivity index (χ0v) is 13.2. The second kappa shape index (κ2) is 8.84. The summed E-state index contributed by atoms with van der Waals surface area (Å²) in [7, 11) is 4.79. The van der Waals surface area contributed by atoms with Gasteiger partial charge in [0.15, 0.2) is 0 Å². The molecule has 0 saturated heterocycles. The Bertz CT molecular complexity index is 470. The molecule has 0 aliphatic rings. The number of benzene rings is 1. The van der Waals surface area contributed by atoms with Gasteiger partial charge in [0.1, 0.15) is 5.75 Å². The quantitative estimate of drug-likeness (QED) is 0.755. The lowest BCUT2D eigenvalue weighted by Crippen LogP contribution is -2.37. The van der Waals surface area contributed by atoms with Crippen LogP contribution in [0.15, 0.2) is 18.2 Å². The topological polar surface area (TPSA) is 71.0 Å². The molecule has 6 nitrogen and oxygen atoms in total. The van der Waals surface area contributed by atoms with E-state index in [0.29, 0.717) is 23.0 Å². The number of nitrogens with zero attached hydrogens (tertiary/aromatic N) is 1. The van der Waals surface area contributed by atoms with Crippen LogP contribution in [0.2, 0.25) is 5.02 Å². The van der Waals surface area contributed by atoms with Gasteiger partial charge in [0.25, 0.3) is 0 Å². The molecule has 0 heterocycles. The summed E-state index contributed by atoms with van der Waals surface area (Å²) in [6.45, 7) is 0.745. The Morgan fingerprint density at radius 3 is 2.76 bits per heavy atom. The molecule has 0 fully saturated rings. The summed E-state index contributed by atoms with van der Waals surface area (Å²) in [6.07, 6.45) is -0.622. The van der Waals surface area contributed by atoms with E-state index in [9.17, 15) is 9.90 Å². The highest BCUT2D eigenvalue weighted by Gasteiger charge is 2.12. The second-order valence-corrected chi connectivity index (χ2v) is 5.11. The van der Waals surface area contributed by atoms with Crippen LogP contribution in [-0.4, -0.2) is 63.0 Å². The van der Waals surface area contributed by atoms with Crippen molar-refractivity contribution in [3.63, 3.8) is 0 Å². The molecule has 1 atom stereocenters. The van der Waals surface area contributed by atoms with Crippen LogP contribution in [0.4, 0.5) is 5.69 Å². The van der Waals surface area contributed by atoms with Crippen molar-refractivity contribution < 1.29 is 19.4 Å². The third kappa shape index (κ3) is 6.31. The highest BCUT2D eigenvalue weighted by atomic mass is 35.5. The fourth-order valence-electron chi connectivity index (χ4n) is 1.86. The van der Waals surface area contributed by atoms with Gasteiger partial charge in [-0.15, -0.1) is 0 Å². The highest BCUT2D eigenvalue weighted by Crippen LogP contribution is 2.27. The van der Waals surface area contributed by atoms with E-state index >= 15 is 0 Å². The van der Waals surface area contributed by atoms with Crippen molar-refractivity contribution in [3.8, 4) is 5.75 Å². The van der Waals surface area contributed by atoms with Crippen molar-refractivity contribution in [2.75, 3.05) is 46.3 Å². The zero-order chi connectivity index (χ0) is 15.8. The van der Waals surface area contributed by atoms with Crippen molar-refractivity contribution in [1.82, 2.24) is 4.90 Å². The molecule has 0 aliphatic heterocycles. The highest BCUT2D eigenvalue weighted by molar-refractivity contribution is 6.32. The predicted molar refractivity (Wildman–Crippen MR) is 82.0 cm³/mol. The van der Waals surface area contributed by atoms with Crippen molar-refractivity contribution in [3.05, 3.63) is 23.2 Å². The van der Waals surface area contributed by atoms with E-state index in [1.165, 1.54) is 14.2 Å². The molecule has 1 unspecified atom stereocenters. The number of ether oxygens (including phenoxy) is 2. The maximum atomic E-state index is 11.9. The van der Waals surface area contributed by atoms with Crippen molar-refractivity contribution >= 4 is 23.2 Å². The molecule has 0 spiro atoms. The lowest BCUT2D eigenvalue weighted by atomic mass is 10.3. The third-order valence-electron chi connectivity index (χ3n) is 2.73. The molecular weight excluding hydrogens is 296 g/mol. The van der Waals surface area contributed by atoms with E-state index in [-0.39, 0.29) is 19.1 Å². The number of nitrogens with one attached hydrogen (secondary N) is 1. The van der Waals surface area contributed by atoms with E-state index in [1.54, 1.807) is 30.1 Å². The summed E-state index contributed by atoms with van der Waals surface area (Å²) in [5.41, 5.74) is 0.594. The second-order valence-electron chi connectivity index (χ2n) is 4.70. The Kier molecular flexibility index (Phi) is 7.45. The molecule has 0 radical (unpaired) electrons. The van der Waals surface area contributed by atoms with Crippen LogP contribution in [0.1, 0.15) is 0 Å². The number of aliphatic hydroxyl groups is 1. The Morgan fingerprint density at radius 2 is 2.19 bits per heavy atom. The Labute approximate surface area is 129 Å². The molecule has 0 bridgehead atoms. The van der Waals surface area contributed by atoms with Crippen LogP contribution < -0.4 is 10.1 Å². The SMILES string of the molecule is COCC(O)CN(C)CC(=O)Nc1ccc(OC)c(Cl)c1. The largest absolute Gasteiger partial charge is 0.495 e. The van der Waals surface area contributed by atoms with E-state index in [2.05, 4.69) is 5.32 Å². The molecule has 1 aromatic carbocycles. The Morgan fingerprint density at radius 1 is 1.48 bits per heavy atom. The summed E-state index contributed by atoms with van der Waals surface area (Å²) >= 11 is 5.99. The molecule has 0 aromatic heterocycles. The number of aliphatic hydroxyl groups excluding tert-OH is 1. The molecule has 21 heavy (non-hydrogen) atoms. The number of carbonyl (C=O) groups excluding carboxylic acids is 1. The lowest BCUT2D eigenvalue weighted by Gasteiger charge is -2.19. The van der Waals surface area contributed by atoms with E-state index in [0.717, 1.165) is 0 Å². The van der Waals surface area contributed by atoms with Gasteiger partial charge < -0.3 is 19.9 Å². The average Bonchev–Trinajstić information content (AvgIpc) is 2.38. The normalized spacial score (nSPS) is 12.3. The fraction of sp³-hybridized carbons (Fsp3) is 0.500. The maximum Gasteiger partial charge on any atom is 0.238 e. The van der Waals surface area contributed by atoms with Gasteiger partial charge in [0.2, 0.25) is 5.91 Å². The first kappa shape index (κ1) is 17.7. The molecule has 2 N–H and O–H groups in total. The number of anilines is 1. The minimum absolute atomic E-state index is 0.157. The van der Waals surface area contributed by atoms with Gasteiger partial charge in [-0.2, -0.15) is 0 Å². The van der Waals surface area contributed by atoms with Crippen LogP contribution in [0.3, 0.4) is 0 Å². The smallest absolute Gasteiger partial charge is 0.238 e. The molecule has 0 aliphatic carbocycles. The minimum Gasteiger partial charge on any atom is -0.495 e. The van der Waals surface area contributed by atoms with Crippen molar-refractivity contribution in [2.45, 2.75) is 6.10 Å². The molecule has 1 aromatic rings. The number of amides is 1. The molecule has 118 valence electrons. The number of methoxy groups -OCH3 is 2. The van der Waals surface area contributed by atoms with Crippen LogP contribution in [0.5, 0.6) is 5.75 Å². The number of likely N-dealkylation sites (N-methyl/N-ethyl adjacent to an activating group) is 1. The maximum absolute atomic E-state index is 11.9. The minimum atomic E-state index is -0.622. The Balaban J connectivity index is 2.48. The number of carbonyl (C=O) groups is 1. The van der Waals surface area contributed by atoms with E-state index in [1.807, 2.05) is 0 Å². The summed E-state index contributed by atoms with van der Waals surface area (Å²) in [4.78, 5) is 13.6. The Hall–Kier alpha value is -1.34. The number of hydrogen-bond donors (Lipinski definition) is 2. The van der Waals surface area contributed by atoms with Gasteiger partial charge in [-0.25, -0.2) is 0 Å². The first-order valence-corrected chi connectivity index (χ1v) is 6.83. The number of rotatable bonds is 8. The monoisotopic (exact) mass is 316 g/mol. The van der Waals surface area contributed by atoms with Gasteiger partial charge in [-0.1, -0.05) is 11.6 Å². The molecule has 0 saturated carbocycles. The average molecular weight is 317 g/mol. The zero-order valence-electron chi connectivity index (χ0n) is 12.4. The lowest BCUT2D eigenvalue weighted by molar-refractivity contribution is -0.117. The van der Waals surface area contributed by atoms with Gasteiger partial charge in [0, 0.05) is 19.3 Å². The van der Waals surface area contributed by atoms with Gasteiger partial charge in [0.05, 0.1) is 31.4 Å². The first-order valence-electron chi connectivity index (χ1n) is 6.45. The van der Waals surface area contributed by atoms with E-state index < -0.39 is 6.10 Å². The summed E-state index contributed by atoms with van der Waals surface area (Å²) in [5.74, 6) is 0.359. The van der Waals surface area contributed by atoms with Crippen LogP contribution in [0, 0.1) is 0 Å². The predicted octanol–water partition coefficient (Wildman–Crippen LogP) is 1.23. The molecule has 1 amide bonds. The summed E-state index contributed by atoms with van der Waals surface area (Å²) in [5, 5.41) is 12.8. The van der Waals surface area contributed by atoms with Crippen LogP contribution in [0.25, 0.3) is 0 Å². The molecular formula is C14H21ClN2O4. The third-order valence-corrected chi connectivity index (χ3v) is 3.03. The van der Waals surface area contributed by atoms with Gasteiger partial charge in [-0.05, 0) is 25.2 Å². The van der Waals surface area contributed by atoms with E-state index in [4.69, 9.17) is 21.1 Å². The first-order chi connectivity index (χ1) is 9.96. The van der Waals surface area contributed by atoms with Gasteiger partial charge in [-0.3, -0.25) is 9.69 Å². The van der Waals surface area contributed by atoms with Crippen LogP contribution >= 0.6 is 11.6 Å². The number of hydrogen-bond acceptors (Lipinski definition) is 5. The number of halogens is 1.